The molecule has 0 saturated heterocycles. The second kappa shape index (κ2) is 5.70. The zero-order chi connectivity index (χ0) is 11.3. The summed E-state index contributed by atoms with van der Waals surface area (Å²) < 4.78 is 4.66. The Morgan fingerprint density at radius 1 is 1.33 bits per heavy atom. The van der Waals surface area contributed by atoms with E-state index in [1.165, 1.54) is 7.11 Å². The molecule has 0 atom stereocenters. The van der Waals surface area contributed by atoms with Crippen molar-refractivity contribution in [3.8, 4) is 0 Å². The summed E-state index contributed by atoms with van der Waals surface area (Å²) in [5.41, 5.74) is 0. The van der Waals surface area contributed by atoms with Crippen molar-refractivity contribution in [3.05, 3.63) is 0 Å². The van der Waals surface area contributed by atoms with Gasteiger partial charge in [-0.25, -0.2) is 0 Å². The molecule has 1 aliphatic carbocycles. The highest BCUT2D eigenvalue weighted by Crippen LogP contribution is 2.25. The molecular weight excluding hydrogens is 198 g/mol. The fourth-order valence-corrected chi connectivity index (χ4v) is 1.91. The van der Waals surface area contributed by atoms with Crippen LogP contribution in [0.1, 0.15) is 25.7 Å². The molecule has 0 aliphatic heterocycles. The van der Waals surface area contributed by atoms with Gasteiger partial charge in [0.05, 0.1) is 13.0 Å². The largest absolute Gasteiger partial charge is 0.469 e. The molecule has 0 aromatic carbocycles. The van der Waals surface area contributed by atoms with E-state index in [0.717, 1.165) is 25.7 Å². The zero-order valence-corrected chi connectivity index (χ0v) is 8.86. The maximum absolute atomic E-state index is 11.2. The summed E-state index contributed by atoms with van der Waals surface area (Å²) >= 11 is 0. The van der Waals surface area contributed by atoms with Crippen LogP contribution in [0.2, 0.25) is 0 Å². The number of hydrogen-bond acceptors (Lipinski definition) is 4. The normalized spacial score (nSPS) is 25.7. The summed E-state index contributed by atoms with van der Waals surface area (Å²) in [7, 11) is 1.39. The van der Waals surface area contributed by atoms with Gasteiger partial charge in [0.1, 0.15) is 6.61 Å². The van der Waals surface area contributed by atoms with Gasteiger partial charge in [0.15, 0.2) is 0 Å². The second-order valence-electron chi connectivity index (χ2n) is 3.80. The monoisotopic (exact) mass is 215 g/mol. The van der Waals surface area contributed by atoms with Crippen LogP contribution in [0.5, 0.6) is 0 Å². The molecule has 1 amide bonds. The van der Waals surface area contributed by atoms with Gasteiger partial charge in [-0.15, -0.1) is 0 Å². The minimum Gasteiger partial charge on any atom is -0.469 e. The molecule has 1 aliphatic rings. The van der Waals surface area contributed by atoms with Crippen LogP contribution in [0.15, 0.2) is 0 Å². The van der Waals surface area contributed by atoms with E-state index in [-0.39, 0.29) is 23.8 Å². The van der Waals surface area contributed by atoms with Gasteiger partial charge in [-0.2, -0.15) is 0 Å². The molecular formula is C10H17NO4. The number of amides is 1. The first-order valence-corrected chi connectivity index (χ1v) is 5.15. The summed E-state index contributed by atoms with van der Waals surface area (Å²) in [5, 5.41) is 11.3. The van der Waals surface area contributed by atoms with Crippen LogP contribution in [-0.2, 0) is 14.3 Å². The van der Waals surface area contributed by atoms with Crippen molar-refractivity contribution < 1.29 is 19.4 Å². The summed E-state index contributed by atoms with van der Waals surface area (Å²) in [4.78, 5) is 22.1. The Balaban J connectivity index is 2.29. The lowest BCUT2D eigenvalue weighted by Crippen LogP contribution is -2.40. The average Bonchev–Trinajstić information content (AvgIpc) is 2.29. The lowest BCUT2D eigenvalue weighted by atomic mass is 9.86. The van der Waals surface area contributed by atoms with Gasteiger partial charge in [0.2, 0.25) is 5.91 Å². The number of nitrogens with one attached hydrogen (secondary N) is 1. The lowest BCUT2D eigenvalue weighted by Gasteiger charge is -2.27. The first-order chi connectivity index (χ1) is 7.17. The van der Waals surface area contributed by atoms with Crippen molar-refractivity contribution in [3.63, 3.8) is 0 Å². The molecule has 5 nitrogen and oxygen atoms in total. The smallest absolute Gasteiger partial charge is 0.308 e. The lowest BCUT2D eigenvalue weighted by molar-refractivity contribution is -0.146. The molecule has 1 rings (SSSR count). The molecule has 2 N–H and O–H groups in total. The van der Waals surface area contributed by atoms with E-state index in [9.17, 15) is 9.59 Å². The Bertz CT molecular complexity index is 234. The predicted octanol–water partition coefficient (Wildman–Crippen LogP) is -0.173. The molecule has 0 heterocycles. The highest BCUT2D eigenvalue weighted by atomic mass is 16.5. The van der Waals surface area contributed by atoms with Crippen molar-refractivity contribution >= 4 is 11.9 Å². The van der Waals surface area contributed by atoms with Gasteiger partial charge in [0.25, 0.3) is 0 Å². The quantitative estimate of drug-likeness (QED) is 0.641. The molecule has 1 fully saturated rings. The Hall–Kier alpha value is -1.10. The summed E-state index contributed by atoms with van der Waals surface area (Å²) in [6, 6.07) is 0.0885. The topological polar surface area (TPSA) is 75.6 Å². The maximum atomic E-state index is 11.2. The van der Waals surface area contributed by atoms with Gasteiger partial charge in [-0.1, -0.05) is 0 Å². The summed E-state index contributed by atoms with van der Waals surface area (Å²) in [5.74, 6) is -0.546. The number of carbonyl (C=O) groups is 2. The van der Waals surface area contributed by atoms with Gasteiger partial charge in [0, 0.05) is 6.04 Å². The van der Waals surface area contributed by atoms with Crippen LogP contribution >= 0.6 is 0 Å². The number of ether oxygens (including phenoxy) is 1. The fourth-order valence-electron chi connectivity index (χ4n) is 1.91. The first-order valence-electron chi connectivity index (χ1n) is 5.15. The molecule has 86 valence electrons. The Morgan fingerprint density at radius 3 is 2.40 bits per heavy atom. The first kappa shape index (κ1) is 12.0. The van der Waals surface area contributed by atoms with Gasteiger partial charge < -0.3 is 15.2 Å². The standard InChI is InChI=1S/C10H17NO4/c1-15-10(14)7-2-4-8(5-3-7)11-9(13)6-12/h7-8,12H,2-6H2,1H3,(H,11,13)/t7-,8-. The van der Waals surface area contributed by atoms with E-state index in [0.29, 0.717) is 0 Å². The van der Waals surface area contributed by atoms with Gasteiger partial charge in [-0.3, -0.25) is 9.59 Å². The van der Waals surface area contributed by atoms with Gasteiger partial charge >= 0.3 is 5.97 Å². The maximum Gasteiger partial charge on any atom is 0.308 e. The molecule has 0 aromatic heterocycles. The van der Waals surface area contributed by atoms with E-state index in [1.54, 1.807) is 0 Å². The van der Waals surface area contributed by atoms with E-state index in [4.69, 9.17) is 5.11 Å². The van der Waals surface area contributed by atoms with Gasteiger partial charge in [-0.05, 0) is 25.7 Å². The summed E-state index contributed by atoms with van der Waals surface area (Å²) in [6.07, 6.45) is 3.02. The fraction of sp³-hybridized carbons (Fsp3) is 0.800. The number of hydrogen-bond donors (Lipinski definition) is 2. The molecule has 0 radical (unpaired) electrons. The second-order valence-corrected chi connectivity index (χ2v) is 3.80. The number of aliphatic hydroxyl groups is 1. The zero-order valence-electron chi connectivity index (χ0n) is 8.86. The van der Waals surface area contributed by atoms with Crippen molar-refractivity contribution in [1.29, 1.82) is 0 Å². The minimum absolute atomic E-state index is 0.0303. The molecule has 0 aromatic rings. The Labute approximate surface area is 88.8 Å². The van der Waals surface area contributed by atoms with Crippen LogP contribution in [-0.4, -0.2) is 36.7 Å². The minimum atomic E-state index is -0.475. The third-order valence-corrected chi connectivity index (χ3v) is 2.77. The molecule has 1 saturated carbocycles. The number of rotatable bonds is 3. The van der Waals surface area contributed by atoms with E-state index in [2.05, 4.69) is 10.1 Å². The van der Waals surface area contributed by atoms with E-state index in [1.807, 2.05) is 0 Å². The van der Waals surface area contributed by atoms with Crippen molar-refractivity contribution in [2.75, 3.05) is 13.7 Å². The third kappa shape index (κ3) is 3.51. The average molecular weight is 215 g/mol. The molecule has 15 heavy (non-hydrogen) atoms. The molecule has 0 unspecified atom stereocenters. The molecule has 5 heteroatoms. The van der Waals surface area contributed by atoms with Crippen LogP contribution in [0.3, 0.4) is 0 Å². The molecule has 0 spiro atoms. The van der Waals surface area contributed by atoms with Crippen molar-refractivity contribution in [1.82, 2.24) is 5.32 Å². The van der Waals surface area contributed by atoms with Crippen LogP contribution in [0.4, 0.5) is 0 Å². The number of aliphatic hydroxyl groups excluding tert-OH is 1. The molecule has 0 bridgehead atoms. The highest BCUT2D eigenvalue weighted by molar-refractivity contribution is 5.77. The summed E-state index contributed by atoms with van der Waals surface area (Å²) in [6.45, 7) is -0.475. The van der Waals surface area contributed by atoms with Crippen LogP contribution in [0.25, 0.3) is 0 Å². The van der Waals surface area contributed by atoms with Crippen LogP contribution in [0, 0.1) is 5.92 Å². The van der Waals surface area contributed by atoms with Crippen LogP contribution < -0.4 is 5.32 Å². The number of methoxy groups -OCH3 is 1. The Morgan fingerprint density at radius 2 is 1.93 bits per heavy atom. The SMILES string of the molecule is COC(=O)[C@H]1CC[C@H](NC(=O)CO)CC1. The van der Waals surface area contributed by atoms with E-state index >= 15 is 0 Å². The predicted molar refractivity (Wildman–Crippen MR) is 53.0 cm³/mol. The number of carbonyl (C=O) groups excluding carboxylic acids is 2. The Kier molecular flexibility index (Phi) is 4.55. The van der Waals surface area contributed by atoms with Crippen molar-refractivity contribution in [2.24, 2.45) is 5.92 Å². The third-order valence-electron chi connectivity index (χ3n) is 2.77. The van der Waals surface area contributed by atoms with E-state index < -0.39 is 6.61 Å². The highest BCUT2D eigenvalue weighted by Gasteiger charge is 2.27. The number of esters is 1. The van der Waals surface area contributed by atoms with Crippen molar-refractivity contribution in [2.45, 2.75) is 31.7 Å².